The highest BCUT2D eigenvalue weighted by Crippen LogP contribution is 2.24. The molecule has 9 heavy (non-hydrogen) atoms. The van der Waals surface area contributed by atoms with E-state index in [2.05, 4.69) is 0 Å². The molecule has 0 fully saturated rings. The Hall–Kier alpha value is -1.38. The molecule has 46 valence electrons. The third-order valence-corrected chi connectivity index (χ3v) is 0.876. The number of benzene rings is 1. The van der Waals surface area contributed by atoms with E-state index < -0.39 is 5.75 Å². The standard InChI is InChI=1S/C6H5O3/c7-4-1-5(8)3-6(9)2-4/h1-3,7-8H/q+1. The second kappa shape index (κ2) is 1.85. The van der Waals surface area contributed by atoms with Gasteiger partial charge in [0, 0.05) is 6.07 Å². The van der Waals surface area contributed by atoms with E-state index in [9.17, 15) is 5.11 Å². The predicted molar refractivity (Wildman–Crippen MR) is 29.9 cm³/mol. The van der Waals surface area contributed by atoms with Crippen LogP contribution < -0.4 is 0 Å². The van der Waals surface area contributed by atoms with Gasteiger partial charge in [0.25, 0.3) is 0 Å². The van der Waals surface area contributed by atoms with Crippen LogP contribution in [0.3, 0.4) is 0 Å². The molecule has 3 nitrogen and oxygen atoms in total. The van der Waals surface area contributed by atoms with E-state index in [0.717, 1.165) is 18.2 Å². The van der Waals surface area contributed by atoms with E-state index >= 15 is 0 Å². The molecule has 1 aromatic carbocycles. The van der Waals surface area contributed by atoms with Gasteiger partial charge in [-0.3, -0.25) is 10.2 Å². The molecule has 0 aliphatic rings. The summed E-state index contributed by atoms with van der Waals surface area (Å²) in [6, 6.07) is 3.15. The van der Waals surface area contributed by atoms with Crippen molar-refractivity contribution in [1.29, 1.82) is 0 Å². The minimum Gasteiger partial charge on any atom is -0.507 e. The van der Waals surface area contributed by atoms with Crippen LogP contribution in [0.4, 0.5) is 0 Å². The molecule has 2 radical (unpaired) electrons. The molecule has 0 atom stereocenters. The fourth-order valence-electron chi connectivity index (χ4n) is 0.568. The lowest BCUT2D eigenvalue weighted by molar-refractivity contribution is 0.346. The summed E-state index contributed by atoms with van der Waals surface area (Å²) in [5.74, 6) is -0.812. The molecular weight excluding hydrogens is 120 g/mol. The minimum atomic E-state index is -0.396. The molecule has 0 unspecified atom stereocenters. The van der Waals surface area contributed by atoms with Gasteiger partial charge in [-0.1, -0.05) is 0 Å². The van der Waals surface area contributed by atoms with Crippen molar-refractivity contribution in [3.8, 4) is 17.2 Å². The molecule has 1 rings (SSSR count). The molecule has 0 heterocycles. The van der Waals surface area contributed by atoms with Crippen LogP contribution in [0.15, 0.2) is 18.2 Å². The Morgan fingerprint density at radius 1 is 1.33 bits per heavy atom. The first kappa shape index (κ1) is 5.75. The minimum absolute atomic E-state index is 0.208. The molecule has 3 heteroatoms. The highest BCUT2D eigenvalue weighted by molar-refractivity contribution is 5.39. The SMILES string of the molecule is [O]c1cc(O)cc([OH+])c1. The van der Waals surface area contributed by atoms with Gasteiger partial charge in [0.05, 0.1) is 12.1 Å². The van der Waals surface area contributed by atoms with Crippen LogP contribution in [0.25, 0.3) is 0 Å². The maximum atomic E-state index is 10.4. The number of phenols is 2. The Morgan fingerprint density at radius 3 is 2.44 bits per heavy atom. The summed E-state index contributed by atoms with van der Waals surface area (Å²) in [4.78, 5) is 0. The van der Waals surface area contributed by atoms with Crippen LogP contribution in [0, 0.1) is 0 Å². The summed E-state index contributed by atoms with van der Waals surface area (Å²) in [5.41, 5.74) is 0. The average molecular weight is 125 g/mol. The number of hydrogen-bond donors (Lipinski definition) is 1. The van der Waals surface area contributed by atoms with Crippen LogP contribution in [-0.2, 0) is 5.11 Å². The van der Waals surface area contributed by atoms with Crippen molar-refractivity contribution >= 4 is 0 Å². The fourth-order valence-corrected chi connectivity index (χ4v) is 0.568. The van der Waals surface area contributed by atoms with Crippen molar-refractivity contribution < 1.29 is 15.3 Å². The largest absolute Gasteiger partial charge is 0.507 e. The fraction of sp³-hybridized carbons (Fsp3) is 0. The number of aromatic hydroxyl groups is 2. The molecular formula is C6H5O3+. The second-order valence-corrected chi connectivity index (χ2v) is 1.69. The third kappa shape index (κ3) is 1.25. The lowest BCUT2D eigenvalue weighted by Crippen LogP contribution is -1.64. The Morgan fingerprint density at radius 2 is 2.00 bits per heavy atom. The van der Waals surface area contributed by atoms with E-state index in [4.69, 9.17) is 10.2 Å². The quantitative estimate of drug-likeness (QED) is 0.530. The molecule has 1 aromatic rings. The third-order valence-electron chi connectivity index (χ3n) is 0.876. The van der Waals surface area contributed by atoms with Crippen LogP contribution >= 0.6 is 0 Å². The van der Waals surface area contributed by atoms with Crippen LogP contribution in [0.5, 0.6) is 17.2 Å². The van der Waals surface area contributed by atoms with Crippen molar-refractivity contribution in [3.63, 3.8) is 0 Å². The molecule has 0 bridgehead atoms. The molecule has 0 saturated heterocycles. The van der Waals surface area contributed by atoms with Gasteiger partial charge in [-0.05, 0) is 0 Å². The maximum absolute atomic E-state index is 10.4. The van der Waals surface area contributed by atoms with Gasteiger partial charge in [-0.2, -0.15) is 0 Å². The van der Waals surface area contributed by atoms with E-state index in [1.807, 2.05) is 0 Å². The number of rotatable bonds is 0. The Balaban J connectivity index is 3.17. The molecule has 0 amide bonds. The van der Waals surface area contributed by atoms with Gasteiger partial charge in [-0.15, -0.1) is 0 Å². The molecule has 0 spiro atoms. The van der Waals surface area contributed by atoms with Crippen molar-refractivity contribution in [2.75, 3.05) is 0 Å². The Kier molecular flexibility index (Phi) is 1.18. The molecule has 0 saturated carbocycles. The van der Waals surface area contributed by atoms with Gasteiger partial charge in [-0.25, -0.2) is 0 Å². The number of phenolic OH excluding ortho intramolecular Hbond substituents is 2. The zero-order valence-corrected chi connectivity index (χ0v) is 4.53. The van der Waals surface area contributed by atoms with Crippen molar-refractivity contribution in [1.82, 2.24) is 0 Å². The first-order chi connectivity index (χ1) is 4.18. The van der Waals surface area contributed by atoms with Crippen molar-refractivity contribution in [3.05, 3.63) is 18.2 Å². The lowest BCUT2D eigenvalue weighted by Gasteiger charge is -1.85. The molecule has 0 aromatic heterocycles. The van der Waals surface area contributed by atoms with Gasteiger partial charge >= 0.3 is 5.75 Å². The monoisotopic (exact) mass is 125 g/mol. The molecule has 0 aliphatic carbocycles. The van der Waals surface area contributed by atoms with Crippen LogP contribution in [0.2, 0.25) is 0 Å². The van der Waals surface area contributed by atoms with E-state index in [0.29, 0.717) is 0 Å². The highest BCUT2D eigenvalue weighted by atomic mass is 16.3. The Bertz CT molecular complexity index is 169. The summed E-state index contributed by atoms with van der Waals surface area (Å²) >= 11 is 0. The summed E-state index contributed by atoms with van der Waals surface area (Å²) in [6.45, 7) is 0. The summed E-state index contributed by atoms with van der Waals surface area (Å²) in [6.07, 6.45) is 0. The van der Waals surface area contributed by atoms with Gasteiger partial charge in [0.15, 0.2) is 5.75 Å². The second-order valence-electron chi connectivity index (χ2n) is 1.69. The average Bonchev–Trinajstić information content (AvgIpc) is 1.59. The highest BCUT2D eigenvalue weighted by Gasteiger charge is 2.03. The number of hydrogen-bond acceptors (Lipinski definition) is 2. The predicted octanol–water partition coefficient (Wildman–Crippen LogP) is 1.24. The smallest absolute Gasteiger partial charge is 0.347 e. The van der Waals surface area contributed by atoms with E-state index in [1.165, 1.54) is 0 Å². The van der Waals surface area contributed by atoms with E-state index in [-0.39, 0.29) is 11.5 Å². The van der Waals surface area contributed by atoms with Crippen molar-refractivity contribution in [2.24, 2.45) is 0 Å². The lowest BCUT2D eigenvalue weighted by atomic mass is 10.3. The summed E-state index contributed by atoms with van der Waals surface area (Å²) in [7, 11) is 0. The maximum Gasteiger partial charge on any atom is 0.347 e. The summed E-state index contributed by atoms with van der Waals surface area (Å²) in [5, 5.41) is 27.7. The summed E-state index contributed by atoms with van der Waals surface area (Å²) < 4.78 is 0. The first-order valence-corrected chi connectivity index (χ1v) is 2.38. The normalized spacial score (nSPS) is 9.33. The van der Waals surface area contributed by atoms with Crippen LogP contribution in [-0.4, -0.2) is 10.2 Å². The van der Waals surface area contributed by atoms with E-state index in [1.54, 1.807) is 0 Å². The first-order valence-electron chi connectivity index (χ1n) is 2.38. The van der Waals surface area contributed by atoms with Gasteiger partial charge in [0.1, 0.15) is 5.75 Å². The van der Waals surface area contributed by atoms with Gasteiger partial charge < -0.3 is 5.11 Å². The molecule has 2 N–H and O–H groups in total. The van der Waals surface area contributed by atoms with Crippen LogP contribution in [0.1, 0.15) is 0 Å². The zero-order chi connectivity index (χ0) is 6.85. The van der Waals surface area contributed by atoms with Crippen molar-refractivity contribution in [2.45, 2.75) is 0 Å². The topological polar surface area (TPSA) is 61.5 Å². The Labute approximate surface area is 51.8 Å². The zero-order valence-electron chi connectivity index (χ0n) is 4.53. The molecule has 0 aliphatic heterocycles. The van der Waals surface area contributed by atoms with Gasteiger partial charge in [0.2, 0.25) is 0 Å².